The molecule has 1 N–H and O–H groups in total. The van der Waals surface area contributed by atoms with E-state index in [1.54, 1.807) is 0 Å². The second-order valence-electron chi connectivity index (χ2n) is 9.36. The highest BCUT2D eigenvalue weighted by molar-refractivity contribution is 5.85. The van der Waals surface area contributed by atoms with E-state index in [1.807, 2.05) is 0 Å². The molecule has 2 aliphatic heterocycles. The molecule has 4 aliphatic carbocycles. The Hall–Kier alpha value is -0.280. The van der Waals surface area contributed by atoms with Gasteiger partial charge in [0.05, 0.1) is 0 Å². The fourth-order valence-electron chi connectivity index (χ4n) is 7.11. The zero-order valence-electron chi connectivity index (χ0n) is 14.1. The smallest absolute Gasteiger partial charge is 0.223 e. The number of hydrogen-bond donors (Lipinski definition) is 1. The number of carbonyl (C=O) groups is 1. The summed E-state index contributed by atoms with van der Waals surface area (Å²) in [6.07, 6.45) is 13.2. The number of likely N-dealkylation sites (tertiary alicyclic amines) is 1. The minimum absolute atomic E-state index is 0. The molecule has 4 saturated carbocycles. The van der Waals surface area contributed by atoms with Gasteiger partial charge in [0.15, 0.2) is 0 Å². The summed E-state index contributed by atoms with van der Waals surface area (Å²) in [6.45, 7) is 1.97. The average Bonchev–Trinajstić information content (AvgIpc) is 2.75. The highest BCUT2D eigenvalue weighted by atomic mass is 35.5. The zero-order chi connectivity index (χ0) is 14.7. The lowest BCUT2D eigenvalue weighted by Gasteiger charge is -2.57. The van der Waals surface area contributed by atoms with Gasteiger partial charge in [0.25, 0.3) is 0 Å². The molecular weight excluding hydrogens is 308 g/mol. The van der Waals surface area contributed by atoms with Crippen molar-refractivity contribution in [3.8, 4) is 0 Å². The Morgan fingerprint density at radius 1 is 0.957 bits per heavy atom. The molecule has 0 spiro atoms. The Balaban J connectivity index is 0.00000135. The van der Waals surface area contributed by atoms with Crippen LogP contribution in [0.2, 0.25) is 0 Å². The van der Waals surface area contributed by atoms with Gasteiger partial charge in [0.2, 0.25) is 5.91 Å². The molecule has 0 radical (unpaired) electrons. The normalized spacial score (nSPS) is 47.3. The summed E-state index contributed by atoms with van der Waals surface area (Å²) in [6, 6.07) is 1.26. The number of nitrogens with zero attached hydrogens (tertiary/aromatic N) is 1. The van der Waals surface area contributed by atoms with E-state index in [9.17, 15) is 4.79 Å². The number of nitrogens with one attached hydrogen (secondary N) is 1. The fraction of sp³-hybridized carbons (Fsp3) is 0.947. The number of amides is 1. The number of carbonyl (C=O) groups excluding carboxylic acids is 1. The molecule has 2 heterocycles. The van der Waals surface area contributed by atoms with Crippen LogP contribution in [0.5, 0.6) is 0 Å². The molecule has 3 nitrogen and oxygen atoms in total. The van der Waals surface area contributed by atoms with Gasteiger partial charge in [-0.2, -0.15) is 0 Å². The van der Waals surface area contributed by atoms with Crippen molar-refractivity contribution in [3.05, 3.63) is 0 Å². The van der Waals surface area contributed by atoms with Crippen LogP contribution in [0.15, 0.2) is 0 Å². The topological polar surface area (TPSA) is 32.3 Å². The van der Waals surface area contributed by atoms with E-state index in [0.717, 1.165) is 37.3 Å². The first-order valence-electron chi connectivity index (χ1n) is 9.71. The minimum Gasteiger partial charge on any atom is -0.341 e. The van der Waals surface area contributed by atoms with E-state index in [-0.39, 0.29) is 12.4 Å². The number of fused-ring (bicyclic) bond motifs is 2. The van der Waals surface area contributed by atoms with E-state index in [0.29, 0.717) is 23.4 Å². The molecule has 6 rings (SSSR count). The highest BCUT2D eigenvalue weighted by Gasteiger charge is 2.51. The Kier molecular flexibility index (Phi) is 4.16. The summed E-state index contributed by atoms with van der Waals surface area (Å²) < 4.78 is 0. The van der Waals surface area contributed by atoms with Gasteiger partial charge in [-0.15, -0.1) is 12.4 Å². The molecule has 130 valence electrons. The van der Waals surface area contributed by atoms with Crippen molar-refractivity contribution in [2.45, 2.75) is 76.3 Å². The van der Waals surface area contributed by atoms with Crippen molar-refractivity contribution < 1.29 is 4.79 Å². The largest absolute Gasteiger partial charge is 0.341 e. The molecule has 2 unspecified atom stereocenters. The van der Waals surface area contributed by atoms with Gasteiger partial charge >= 0.3 is 0 Å². The second-order valence-corrected chi connectivity index (χ2v) is 9.36. The van der Waals surface area contributed by atoms with E-state index in [4.69, 9.17) is 0 Å². The molecule has 1 amide bonds. The van der Waals surface area contributed by atoms with Crippen molar-refractivity contribution >= 4 is 18.3 Å². The first-order valence-corrected chi connectivity index (χ1v) is 9.71. The first-order chi connectivity index (χ1) is 10.7. The molecule has 6 bridgehead atoms. The van der Waals surface area contributed by atoms with Crippen molar-refractivity contribution in [1.29, 1.82) is 0 Å². The Morgan fingerprint density at radius 3 is 2.22 bits per heavy atom. The predicted octanol–water partition coefficient (Wildman–Crippen LogP) is 3.37. The fourth-order valence-corrected chi connectivity index (χ4v) is 7.11. The Bertz CT molecular complexity index is 445. The quantitative estimate of drug-likeness (QED) is 0.837. The molecule has 6 aliphatic rings. The van der Waals surface area contributed by atoms with Crippen molar-refractivity contribution in [2.24, 2.45) is 23.2 Å². The number of halogens is 1. The molecular formula is C19H31ClN2O. The molecule has 2 atom stereocenters. The van der Waals surface area contributed by atoms with Gasteiger partial charge in [0, 0.05) is 31.6 Å². The van der Waals surface area contributed by atoms with E-state index < -0.39 is 0 Å². The lowest BCUT2D eigenvalue weighted by Crippen LogP contribution is -2.49. The van der Waals surface area contributed by atoms with Crippen LogP contribution in [0.4, 0.5) is 0 Å². The third-order valence-corrected chi connectivity index (χ3v) is 7.57. The molecule has 6 fully saturated rings. The van der Waals surface area contributed by atoms with Crippen molar-refractivity contribution in [3.63, 3.8) is 0 Å². The summed E-state index contributed by atoms with van der Waals surface area (Å²) in [5.41, 5.74) is 0.407. The van der Waals surface area contributed by atoms with Gasteiger partial charge < -0.3 is 10.2 Å². The average molecular weight is 339 g/mol. The Labute approximate surface area is 146 Å². The van der Waals surface area contributed by atoms with Crippen LogP contribution < -0.4 is 5.32 Å². The molecule has 23 heavy (non-hydrogen) atoms. The maximum absolute atomic E-state index is 13.0. The van der Waals surface area contributed by atoms with Crippen LogP contribution >= 0.6 is 12.4 Å². The highest BCUT2D eigenvalue weighted by Crippen LogP contribution is 2.61. The minimum atomic E-state index is 0. The van der Waals surface area contributed by atoms with Gasteiger partial charge in [-0.3, -0.25) is 4.79 Å². The lowest BCUT2D eigenvalue weighted by atomic mass is 9.49. The maximum atomic E-state index is 13.0. The Morgan fingerprint density at radius 2 is 1.57 bits per heavy atom. The van der Waals surface area contributed by atoms with Gasteiger partial charge in [0.1, 0.15) is 0 Å². The van der Waals surface area contributed by atoms with Crippen LogP contribution in [0.3, 0.4) is 0 Å². The van der Waals surface area contributed by atoms with E-state index in [1.165, 1.54) is 57.8 Å². The van der Waals surface area contributed by atoms with E-state index in [2.05, 4.69) is 10.2 Å². The summed E-state index contributed by atoms with van der Waals surface area (Å²) >= 11 is 0. The molecule has 0 aromatic carbocycles. The lowest BCUT2D eigenvalue weighted by molar-refractivity contribution is -0.139. The second kappa shape index (κ2) is 5.91. The number of hydrogen-bond acceptors (Lipinski definition) is 2. The van der Waals surface area contributed by atoms with Crippen molar-refractivity contribution in [2.75, 3.05) is 13.1 Å². The molecule has 4 heteroatoms. The van der Waals surface area contributed by atoms with Gasteiger partial charge in [-0.1, -0.05) is 0 Å². The number of rotatable bonds is 2. The van der Waals surface area contributed by atoms with Gasteiger partial charge in [-0.25, -0.2) is 0 Å². The standard InChI is InChI=1S/C19H30N2O.ClH/c22-18(21-4-3-16-1-2-17(12-21)20-16)11-19-8-13-5-14(9-19)7-15(6-13)10-19;/h13-17,20H,1-12H2;1H. The maximum Gasteiger partial charge on any atom is 0.223 e. The predicted molar refractivity (Wildman–Crippen MR) is 93.6 cm³/mol. The molecule has 0 aromatic heterocycles. The van der Waals surface area contributed by atoms with Gasteiger partial charge in [-0.05, 0) is 81.0 Å². The van der Waals surface area contributed by atoms with Crippen LogP contribution in [0.1, 0.15) is 64.2 Å². The van der Waals surface area contributed by atoms with Crippen LogP contribution in [0.25, 0.3) is 0 Å². The SMILES string of the molecule is Cl.O=C(CC12CC3CC(CC(C3)C1)C2)N1CCC2CCC(C1)N2. The monoisotopic (exact) mass is 338 g/mol. The zero-order valence-corrected chi connectivity index (χ0v) is 15.0. The summed E-state index contributed by atoms with van der Waals surface area (Å²) in [7, 11) is 0. The van der Waals surface area contributed by atoms with Crippen LogP contribution in [-0.4, -0.2) is 36.0 Å². The van der Waals surface area contributed by atoms with Crippen LogP contribution in [-0.2, 0) is 4.79 Å². The van der Waals surface area contributed by atoms with Crippen LogP contribution in [0, 0.1) is 23.2 Å². The summed E-state index contributed by atoms with van der Waals surface area (Å²) in [4.78, 5) is 15.2. The first kappa shape index (κ1) is 16.2. The molecule has 0 aromatic rings. The van der Waals surface area contributed by atoms with E-state index >= 15 is 0 Å². The third kappa shape index (κ3) is 2.93. The summed E-state index contributed by atoms with van der Waals surface area (Å²) in [5.74, 6) is 3.36. The van der Waals surface area contributed by atoms with Crippen molar-refractivity contribution in [1.82, 2.24) is 10.2 Å². The molecule has 2 saturated heterocycles. The third-order valence-electron chi connectivity index (χ3n) is 7.57. The summed E-state index contributed by atoms with van der Waals surface area (Å²) in [5, 5.41) is 3.70.